The molecule has 2 aromatic rings. The van der Waals surface area contributed by atoms with Crippen molar-refractivity contribution in [3.05, 3.63) is 36.3 Å². The van der Waals surface area contributed by atoms with Crippen molar-refractivity contribution < 1.29 is 5.11 Å². The maximum atomic E-state index is 10.0. The third-order valence-corrected chi connectivity index (χ3v) is 3.37. The molecule has 1 aliphatic rings. The first kappa shape index (κ1) is 12.9. The van der Waals surface area contributed by atoms with Gasteiger partial charge < -0.3 is 16.2 Å². The van der Waals surface area contributed by atoms with E-state index in [2.05, 4.69) is 15.3 Å². The summed E-state index contributed by atoms with van der Waals surface area (Å²) >= 11 is 0. The highest BCUT2D eigenvalue weighted by molar-refractivity contribution is 5.77. The van der Waals surface area contributed by atoms with Crippen molar-refractivity contribution >= 4 is 5.69 Å². The summed E-state index contributed by atoms with van der Waals surface area (Å²) in [5.74, 6) is 1.56. The van der Waals surface area contributed by atoms with Gasteiger partial charge in [0.05, 0.1) is 11.9 Å². The van der Waals surface area contributed by atoms with Crippen LogP contribution in [0.3, 0.4) is 0 Å². The number of nitrogens with one attached hydrogen (secondary N) is 1. The normalized spacial score (nSPS) is 14.2. The molecule has 1 aromatic carbocycles. The average molecular weight is 270 g/mol. The molecule has 0 spiro atoms. The predicted molar refractivity (Wildman–Crippen MR) is 78.7 cm³/mol. The van der Waals surface area contributed by atoms with Gasteiger partial charge in [-0.25, -0.2) is 9.97 Å². The predicted octanol–water partition coefficient (Wildman–Crippen LogP) is 2.10. The van der Waals surface area contributed by atoms with Gasteiger partial charge in [-0.2, -0.15) is 0 Å². The van der Waals surface area contributed by atoms with Gasteiger partial charge in [0.1, 0.15) is 17.3 Å². The molecule has 3 rings (SSSR count). The molecule has 0 amide bonds. The lowest BCUT2D eigenvalue weighted by Gasteiger charge is -2.12. The Bertz CT molecular complexity index is 611. The zero-order valence-electron chi connectivity index (χ0n) is 11.2. The zero-order valence-corrected chi connectivity index (χ0v) is 11.2. The van der Waals surface area contributed by atoms with Crippen LogP contribution in [0.4, 0.5) is 5.69 Å². The van der Waals surface area contributed by atoms with Gasteiger partial charge in [-0.15, -0.1) is 0 Å². The highest BCUT2D eigenvalue weighted by Crippen LogP contribution is 2.40. The van der Waals surface area contributed by atoms with Crippen molar-refractivity contribution in [1.82, 2.24) is 9.97 Å². The molecule has 0 unspecified atom stereocenters. The van der Waals surface area contributed by atoms with Gasteiger partial charge in [0.25, 0.3) is 0 Å². The minimum Gasteiger partial charge on any atom is -0.507 e. The fourth-order valence-corrected chi connectivity index (χ4v) is 2.15. The van der Waals surface area contributed by atoms with E-state index < -0.39 is 0 Å². The van der Waals surface area contributed by atoms with Crippen molar-refractivity contribution in [2.24, 2.45) is 5.73 Å². The number of nitrogens with zero attached hydrogens (tertiary/aromatic N) is 2. The molecule has 5 heteroatoms. The van der Waals surface area contributed by atoms with Crippen LogP contribution in [0.15, 0.2) is 30.5 Å². The summed E-state index contributed by atoms with van der Waals surface area (Å²) in [6.45, 7) is 1.18. The summed E-state index contributed by atoms with van der Waals surface area (Å²) in [6.07, 6.45) is 4.09. The number of nitrogens with two attached hydrogens (primary N) is 1. The van der Waals surface area contributed by atoms with E-state index in [9.17, 15) is 5.11 Å². The standard InChI is InChI=1S/C15H18N4O/c16-7-8-17-12-9-18-15(10-5-6-10)19-14(12)11-3-1-2-4-13(11)20/h1-4,9-10,17,20H,5-8,16H2. The van der Waals surface area contributed by atoms with Crippen LogP contribution >= 0.6 is 0 Å². The van der Waals surface area contributed by atoms with Gasteiger partial charge in [-0.05, 0) is 25.0 Å². The minimum atomic E-state index is 0.226. The summed E-state index contributed by atoms with van der Waals surface area (Å²) in [5.41, 5.74) is 7.80. The van der Waals surface area contributed by atoms with Crippen LogP contribution in [0, 0.1) is 0 Å². The number of phenols is 1. The molecule has 0 bridgehead atoms. The van der Waals surface area contributed by atoms with E-state index in [1.54, 1.807) is 18.3 Å². The third-order valence-electron chi connectivity index (χ3n) is 3.37. The van der Waals surface area contributed by atoms with Crippen LogP contribution in [-0.4, -0.2) is 28.2 Å². The van der Waals surface area contributed by atoms with Crippen LogP contribution in [0.25, 0.3) is 11.3 Å². The zero-order chi connectivity index (χ0) is 13.9. The maximum Gasteiger partial charge on any atom is 0.132 e. The summed E-state index contributed by atoms with van der Waals surface area (Å²) in [6, 6.07) is 7.22. The topological polar surface area (TPSA) is 84.1 Å². The van der Waals surface area contributed by atoms with Crippen LogP contribution < -0.4 is 11.1 Å². The number of aromatic nitrogens is 2. The molecule has 20 heavy (non-hydrogen) atoms. The van der Waals surface area contributed by atoms with Crippen LogP contribution in [0.2, 0.25) is 0 Å². The molecule has 4 N–H and O–H groups in total. The van der Waals surface area contributed by atoms with E-state index in [4.69, 9.17) is 5.73 Å². The van der Waals surface area contributed by atoms with Crippen molar-refractivity contribution in [3.8, 4) is 17.0 Å². The van der Waals surface area contributed by atoms with Crippen molar-refractivity contribution in [1.29, 1.82) is 0 Å². The Balaban J connectivity index is 2.04. The maximum absolute atomic E-state index is 10.0. The molecule has 1 fully saturated rings. The van der Waals surface area contributed by atoms with Crippen molar-refractivity contribution in [2.75, 3.05) is 18.4 Å². The lowest BCUT2D eigenvalue weighted by Crippen LogP contribution is -2.14. The quantitative estimate of drug-likeness (QED) is 0.775. The highest BCUT2D eigenvalue weighted by atomic mass is 16.3. The average Bonchev–Trinajstić information content (AvgIpc) is 3.30. The second-order valence-corrected chi connectivity index (χ2v) is 5.00. The Morgan fingerprint density at radius 1 is 1.30 bits per heavy atom. The van der Waals surface area contributed by atoms with Gasteiger partial charge >= 0.3 is 0 Å². The number of rotatable bonds is 5. The first-order valence-electron chi connectivity index (χ1n) is 6.89. The first-order valence-corrected chi connectivity index (χ1v) is 6.89. The van der Waals surface area contributed by atoms with Gasteiger partial charge in [0.2, 0.25) is 0 Å². The molecule has 1 saturated carbocycles. The Morgan fingerprint density at radius 3 is 2.80 bits per heavy atom. The minimum absolute atomic E-state index is 0.226. The molecule has 1 aromatic heterocycles. The number of anilines is 1. The number of hydrogen-bond donors (Lipinski definition) is 3. The molecule has 5 nitrogen and oxygen atoms in total. The number of para-hydroxylation sites is 1. The first-order chi connectivity index (χ1) is 9.79. The lowest BCUT2D eigenvalue weighted by molar-refractivity contribution is 0.477. The molecule has 0 atom stereocenters. The number of phenolic OH excluding ortho intramolecular Hbond substituents is 1. The second kappa shape index (κ2) is 5.46. The lowest BCUT2D eigenvalue weighted by atomic mass is 10.1. The number of benzene rings is 1. The summed E-state index contributed by atoms with van der Waals surface area (Å²) in [4.78, 5) is 9.06. The van der Waals surface area contributed by atoms with Crippen LogP contribution in [0.1, 0.15) is 24.6 Å². The van der Waals surface area contributed by atoms with E-state index in [-0.39, 0.29) is 5.75 Å². The van der Waals surface area contributed by atoms with E-state index >= 15 is 0 Å². The molecular weight excluding hydrogens is 252 g/mol. The molecular formula is C15H18N4O. The monoisotopic (exact) mass is 270 g/mol. The van der Waals surface area contributed by atoms with Crippen LogP contribution in [-0.2, 0) is 0 Å². The number of hydrogen-bond acceptors (Lipinski definition) is 5. The fourth-order valence-electron chi connectivity index (χ4n) is 2.15. The number of aromatic hydroxyl groups is 1. The molecule has 1 aliphatic carbocycles. The smallest absolute Gasteiger partial charge is 0.132 e. The highest BCUT2D eigenvalue weighted by Gasteiger charge is 2.27. The molecule has 0 aliphatic heterocycles. The van der Waals surface area contributed by atoms with E-state index in [1.165, 1.54) is 0 Å². The van der Waals surface area contributed by atoms with Crippen molar-refractivity contribution in [3.63, 3.8) is 0 Å². The summed E-state index contributed by atoms with van der Waals surface area (Å²) in [7, 11) is 0. The van der Waals surface area contributed by atoms with E-state index in [0.717, 1.165) is 35.6 Å². The van der Waals surface area contributed by atoms with Gasteiger partial charge in [-0.1, -0.05) is 12.1 Å². The Hall–Kier alpha value is -2.14. The summed E-state index contributed by atoms with van der Waals surface area (Å²) < 4.78 is 0. The molecule has 0 radical (unpaired) electrons. The molecule has 1 heterocycles. The van der Waals surface area contributed by atoms with E-state index in [1.807, 2.05) is 12.1 Å². The van der Waals surface area contributed by atoms with Gasteiger partial charge in [-0.3, -0.25) is 0 Å². The van der Waals surface area contributed by atoms with Crippen LogP contribution in [0.5, 0.6) is 5.75 Å². The SMILES string of the molecule is NCCNc1cnc(C2CC2)nc1-c1ccccc1O. The molecule has 104 valence electrons. The Morgan fingerprint density at radius 2 is 2.10 bits per heavy atom. The van der Waals surface area contributed by atoms with Crippen molar-refractivity contribution in [2.45, 2.75) is 18.8 Å². The Labute approximate surface area is 117 Å². The largest absolute Gasteiger partial charge is 0.507 e. The second-order valence-electron chi connectivity index (χ2n) is 5.00. The van der Waals surface area contributed by atoms with Gasteiger partial charge in [0.15, 0.2) is 0 Å². The third kappa shape index (κ3) is 2.58. The Kier molecular flexibility index (Phi) is 3.52. The molecule has 0 saturated heterocycles. The van der Waals surface area contributed by atoms with Gasteiger partial charge in [0, 0.05) is 24.6 Å². The van der Waals surface area contributed by atoms with E-state index in [0.29, 0.717) is 19.0 Å². The fraction of sp³-hybridized carbons (Fsp3) is 0.333. The summed E-state index contributed by atoms with van der Waals surface area (Å²) in [5, 5.41) is 13.3.